The van der Waals surface area contributed by atoms with Gasteiger partial charge in [0.05, 0.1) is 11.4 Å². The molecule has 6 nitrogen and oxygen atoms in total. The third-order valence-electron chi connectivity index (χ3n) is 6.39. The molecule has 186 valence electrons. The lowest BCUT2D eigenvalue weighted by atomic mass is 9.76. The molecule has 3 aromatic rings. The second-order valence-electron chi connectivity index (χ2n) is 8.55. The summed E-state index contributed by atoms with van der Waals surface area (Å²) in [7, 11) is 0. The Balaban J connectivity index is 1.87. The normalized spacial score (nSPS) is 15.1. The van der Waals surface area contributed by atoms with E-state index in [2.05, 4.69) is 4.74 Å². The van der Waals surface area contributed by atoms with Gasteiger partial charge >= 0.3 is 12.3 Å². The van der Waals surface area contributed by atoms with Gasteiger partial charge in [0.2, 0.25) is 0 Å². The fourth-order valence-corrected chi connectivity index (χ4v) is 4.53. The molecule has 11 heteroatoms. The Kier molecular flexibility index (Phi) is 6.20. The van der Waals surface area contributed by atoms with Crippen LogP contribution in [0.3, 0.4) is 0 Å². The van der Waals surface area contributed by atoms with Gasteiger partial charge in [-0.05, 0) is 49.1 Å². The van der Waals surface area contributed by atoms with E-state index in [1.807, 2.05) is 0 Å². The number of carbonyl (C=O) groups is 2. The zero-order valence-corrected chi connectivity index (χ0v) is 18.3. The Morgan fingerprint density at radius 1 is 1.17 bits per heavy atom. The topological polar surface area (TPSA) is 88.8 Å². The summed E-state index contributed by atoms with van der Waals surface area (Å²) >= 11 is 0. The quantitative estimate of drug-likeness (QED) is 0.416. The fourth-order valence-electron chi connectivity index (χ4n) is 4.53. The van der Waals surface area contributed by atoms with E-state index in [1.54, 1.807) is 0 Å². The summed E-state index contributed by atoms with van der Waals surface area (Å²) in [4.78, 5) is 25.5. The van der Waals surface area contributed by atoms with Crippen LogP contribution in [-0.2, 0) is 4.79 Å². The van der Waals surface area contributed by atoms with Crippen molar-refractivity contribution in [3.63, 3.8) is 0 Å². The van der Waals surface area contributed by atoms with Gasteiger partial charge < -0.3 is 14.9 Å². The fraction of sp³-hybridized carbons (Fsp3) is 0.333. The number of benzene rings is 2. The van der Waals surface area contributed by atoms with E-state index in [1.165, 1.54) is 6.92 Å². The first kappa shape index (κ1) is 24.5. The van der Waals surface area contributed by atoms with Gasteiger partial charge in [-0.25, -0.2) is 8.78 Å². The summed E-state index contributed by atoms with van der Waals surface area (Å²) in [6.45, 7) is 1.37. The van der Waals surface area contributed by atoms with Gasteiger partial charge in [0.25, 0.3) is 5.91 Å². The van der Waals surface area contributed by atoms with Crippen molar-refractivity contribution in [1.82, 2.24) is 4.57 Å². The molecule has 1 atom stereocenters. The second kappa shape index (κ2) is 8.86. The minimum atomic E-state index is -4.93. The molecule has 0 amide bonds. The number of carboxylic acid groups (broad SMARTS) is 1. The van der Waals surface area contributed by atoms with Crippen LogP contribution < -0.4 is 4.74 Å². The highest BCUT2D eigenvalue weighted by Crippen LogP contribution is 2.43. The smallest absolute Gasteiger partial charge is 0.503 e. The molecule has 0 spiro atoms. The predicted molar refractivity (Wildman–Crippen MR) is 113 cm³/mol. The maximum absolute atomic E-state index is 15.1. The number of hydrogen-bond donors (Lipinski definition) is 2. The van der Waals surface area contributed by atoms with Crippen LogP contribution in [-0.4, -0.2) is 33.0 Å². The number of nitrogens with zero attached hydrogens (tertiary/aromatic N) is 1. The minimum Gasteiger partial charge on any atom is -0.503 e. The van der Waals surface area contributed by atoms with Gasteiger partial charge in [0.1, 0.15) is 5.75 Å². The van der Waals surface area contributed by atoms with Crippen LogP contribution in [0.25, 0.3) is 10.9 Å². The first-order chi connectivity index (χ1) is 16.4. The number of hydrogen-bond acceptors (Lipinski definition) is 4. The third kappa shape index (κ3) is 4.54. The maximum atomic E-state index is 15.1. The van der Waals surface area contributed by atoms with E-state index in [9.17, 15) is 37.4 Å². The number of phenolic OH excluding ortho intramolecular Hbond substituents is 1. The number of alkyl halides is 3. The van der Waals surface area contributed by atoms with Crippen molar-refractivity contribution < 1.29 is 46.5 Å². The highest BCUT2D eigenvalue weighted by atomic mass is 19.4. The van der Waals surface area contributed by atoms with Crippen LogP contribution in [0.2, 0.25) is 0 Å². The van der Waals surface area contributed by atoms with Crippen LogP contribution >= 0.6 is 0 Å². The number of carbonyl (C=O) groups excluding carboxylic acids is 1. The highest BCUT2D eigenvalue weighted by molar-refractivity contribution is 6.05. The van der Waals surface area contributed by atoms with E-state index >= 15 is 4.39 Å². The lowest BCUT2D eigenvalue weighted by Gasteiger charge is -2.28. The molecule has 2 aromatic carbocycles. The van der Waals surface area contributed by atoms with Gasteiger partial charge in [-0.15, -0.1) is 13.2 Å². The number of fused-ring (bicyclic) bond motifs is 1. The summed E-state index contributed by atoms with van der Waals surface area (Å²) in [6.07, 6.45) is -2.23. The summed E-state index contributed by atoms with van der Waals surface area (Å²) in [6, 6.07) is 4.64. The summed E-state index contributed by atoms with van der Waals surface area (Å²) in [5.41, 5.74) is -0.467. The summed E-state index contributed by atoms with van der Waals surface area (Å²) in [5.74, 6) is -7.87. The molecule has 35 heavy (non-hydrogen) atoms. The molecular weight excluding hydrogens is 477 g/mol. The monoisotopic (exact) mass is 497 g/mol. The van der Waals surface area contributed by atoms with Crippen LogP contribution in [0.15, 0.2) is 30.3 Å². The molecule has 1 aliphatic rings. The lowest BCUT2D eigenvalue weighted by molar-refractivity contribution is -0.274. The van der Waals surface area contributed by atoms with Crippen LogP contribution in [0.4, 0.5) is 22.0 Å². The molecule has 0 aliphatic heterocycles. The van der Waals surface area contributed by atoms with E-state index in [0.717, 1.165) is 54.2 Å². The molecule has 0 saturated heterocycles. The average Bonchev–Trinajstić information content (AvgIpc) is 3.01. The second-order valence-corrected chi connectivity index (χ2v) is 8.55. The SMILES string of the molecule is Cc1c(C(CC2CCC2)C(=O)O)c2c(F)c(O)c(F)cc2n1C(=O)c1ccc(OC(F)(F)F)cc1. The third-order valence-corrected chi connectivity index (χ3v) is 6.39. The largest absolute Gasteiger partial charge is 0.573 e. The van der Waals surface area contributed by atoms with Crippen molar-refractivity contribution in [2.75, 3.05) is 0 Å². The van der Waals surface area contributed by atoms with Crippen LogP contribution in [0.1, 0.15) is 53.2 Å². The van der Waals surface area contributed by atoms with Crippen molar-refractivity contribution in [1.29, 1.82) is 0 Å². The number of phenols is 1. The molecule has 1 aliphatic carbocycles. The molecule has 0 radical (unpaired) electrons. The molecule has 1 unspecified atom stereocenters. The zero-order chi connectivity index (χ0) is 25.7. The first-order valence-electron chi connectivity index (χ1n) is 10.7. The zero-order valence-electron chi connectivity index (χ0n) is 18.3. The minimum absolute atomic E-state index is 0.0243. The molecule has 1 aromatic heterocycles. The van der Waals surface area contributed by atoms with E-state index in [4.69, 9.17) is 0 Å². The molecular formula is C24H20F5NO5. The summed E-state index contributed by atoms with van der Waals surface area (Å²) in [5, 5.41) is 19.4. The molecule has 1 fully saturated rings. The van der Waals surface area contributed by atoms with Crippen molar-refractivity contribution in [2.24, 2.45) is 5.92 Å². The number of rotatable bonds is 6. The standard InChI is InChI=1S/C24H20F5NO5/c1-11-18(15(23(33)34)9-12-3-2-4-12)19-17(10-16(25)21(31)20(19)26)30(11)22(32)13-5-7-14(8-6-13)35-24(27,28)29/h5-8,10,12,15,31H,2-4,9H2,1H3,(H,33,34). The Morgan fingerprint density at radius 2 is 1.80 bits per heavy atom. The van der Waals surface area contributed by atoms with Gasteiger partial charge in [-0.3, -0.25) is 14.2 Å². The van der Waals surface area contributed by atoms with Gasteiger partial charge in [-0.1, -0.05) is 19.3 Å². The van der Waals surface area contributed by atoms with Gasteiger partial charge in [0, 0.05) is 22.7 Å². The number of carboxylic acids is 1. The molecule has 1 saturated carbocycles. The van der Waals surface area contributed by atoms with E-state index in [-0.39, 0.29) is 34.7 Å². The first-order valence-corrected chi connectivity index (χ1v) is 10.7. The number of aliphatic carboxylic acids is 1. The Morgan fingerprint density at radius 3 is 2.31 bits per heavy atom. The van der Waals surface area contributed by atoms with Crippen molar-refractivity contribution in [2.45, 2.75) is 44.9 Å². The summed E-state index contributed by atoms with van der Waals surface area (Å²) < 4.78 is 71.4. The Bertz CT molecular complexity index is 1310. The molecule has 1 heterocycles. The molecule has 4 rings (SSSR count). The number of aromatic hydroxyl groups is 1. The Hall–Kier alpha value is -3.63. The van der Waals surface area contributed by atoms with Crippen molar-refractivity contribution in [3.8, 4) is 11.5 Å². The van der Waals surface area contributed by atoms with Crippen LogP contribution in [0.5, 0.6) is 11.5 Å². The highest BCUT2D eigenvalue weighted by Gasteiger charge is 2.35. The maximum Gasteiger partial charge on any atom is 0.573 e. The average molecular weight is 497 g/mol. The Labute approximate surface area is 195 Å². The molecule has 2 N–H and O–H groups in total. The van der Waals surface area contributed by atoms with Crippen molar-refractivity contribution >= 4 is 22.8 Å². The van der Waals surface area contributed by atoms with Gasteiger partial charge in [0.15, 0.2) is 17.4 Å². The van der Waals surface area contributed by atoms with Crippen molar-refractivity contribution in [3.05, 3.63) is 58.8 Å². The van der Waals surface area contributed by atoms with Gasteiger partial charge in [-0.2, -0.15) is 0 Å². The lowest BCUT2D eigenvalue weighted by Crippen LogP contribution is -2.21. The van der Waals surface area contributed by atoms with E-state index in [0.29, 0.717) is 0 Å². The number of halogens is 5. The van der Waals surface area contributed by atoms with E-state index < -0.39 is 52.7 Å². The number of aromatic nitrogens is 1. The van der Waals surface area contributed by atoms with Crippen LogP contribution in [0, 0.1) is 24.5 Å². The predicted octanol–water partition coefficient (Wildman–Crippen LogP) is 5.88. The number of ether oxygens (including phenoxy) is 1. The molecule has 0 bridgehead atoms.